The van der Waals surface area contributed by atoms with Crippen molar-refractivity contribution in [3.63, 3.8) is 0 Å². The number of rotatable bonds is 0. The second-order valence-corrected chi connectivity index (χ2v) is 6.42. The van der Waals surface area contributed by atoms with Crippen molar-refractivity contribution in [1.82, 2.24) is 9.13 Å². The van der Waals surface area contributed by atoms with Crippen LogP contribution in [-0.2, 0) is 14.1 Å². The second kappa shape index (κ2) is 4.48. The summed E-state index contributed by atoms with van der Waals surface area (Å²) < 4.78 is 4.51. The van der Waals surface area contributed by atoms with Gasteiger partial charge in [0.15, 0.2) is 0 Å². The first kappa shape index (κ1) is 13.4. The van der Waals surface area contributed by atoms with Gasteiger partial charge in [0, 0.05) is 30.3 Å². The molecule has 0 fully saturated rings. The first-order valence-corrected chi connectivity index (χ1v) is 8.10. The van der Waals surface area contributed by atoms with Crippen molar-refractivity contribution in [3.8, 4) is 0 Å². The zero-order valence-corrected chi connectivity index (χ0v) is 13.7. The highest BCUT2D eigenvalue weighted by Gasteiger charge is 2.15. The third-order valence-electron chi connectivity index (χ3n) is 5.15. The molecule has 3 aromatic carbocycles. The lowest BCUT2D eigenvalue weighted by molar-refractivity contribution is 0.985. The Morgan fingerprint density at radius 1 is 0.667 bits per heavy atom. The fourth-order valence-corrected chi connectivity index (χ4v) is 4.03. The van der Waals surface area contributed by atoms with Crippen molar-refractivity contribution in [2.45, 2.75) is 0 Å². The van der Waals surface area contributed by atoms with Crippen molar-refractivity contribution < 1.29 is 0 Å². The summed E-state index contributed by atoms with van der Waals surface area (Å²) in [6, 6.07) is 20.9. The molecule has 5 aromatic rings. The minimum Gasteiger partial charge on any atom is -0.344 e. The van der Waals surface area contributed by atoms with Crippen LogP contribution >= 0.6 is 0 Å². The summed E-state index contributed by atoms with van der Waals surface area (Å²) in [5.41, 5.74) is 4.78. The van der Waals surface area contributed by atoms with Gasteiger partial charge < -0.3 is 14.5 Å². The van der Waals surface area contributed by atoms with Crippen molar-refractivity contribution in [2.75, 3.05) is 0 Å². The highest BCUT2D eigenvalue weighted by molar-refractivity contribution is 6.24. The van der Waals surface area contributed by atoms with E-state index in [0.717, 1.165) is 5.52 Å². The van der Waals surface area contributed by atoms with Gasteiger partial charge in [-0.2, -0.15) is 0 Å². The van der Waals surface area contributed by atoms with E-state index in [1.54, 1.807) is 0 Å². The molecule has 0 bridgehead atoms. The second-order valence-electron chi connectivity index (χ2n) is 6.42. The highest BCUT2D eigenvalue weighted by Crippen LogP contribution is 2.36. The summed E-state index contributed by atoms with van der Waals surface area (Å²) >= 11 is 0. The van der Waals surface area contributed by atoms with Crippen LogP contribution in [0.5, 0.6) is 0 Å². The first-order chi connectivity index (χ1) is 11.7. The third kappa shape index (κ3) is 1.54. The maximum Gasteiger partial charge on any atom is 0.0604 e. The SMILES string of the molecule is Cn1c2ccccc2c2c3c(cccc31)c1ccc(=N)cc1n2C. The highest BCUT2D eigenvalue weighted by atomic mass is 15.0. The average Bonchev–Trinajstić information content (AvgIpc) is 2.61. The number of pyridine rings is 2. The lowest BCUT2D eigenvalue weighted by Gasteiger charge is -2.20. The van der Waals surface area contributed by atoms with E-state index in [9.17, 15) is 0 Å². The molecule has 0 spiro atoms. The predicted molar refractivity (Wildman–Crippen MR) is 100 cm³/mol. The Hall–Kier alpha value is -3.07. The van der Waals surface area contributed by atoms with Crippen molar-refractivity contribution >= 4 is 43.6 Å². The van der Waals surface area contributed by atoms with Gasteiger partial charge >= 0.3 is 0 Å². The Labute approximate surface area is 138 Å². The smallest absolute Gasteiger partial charge is 0.0604 e. The zero-order valence-electron chi connectivity index (χ0n) is 13.7. The Morgan fingerprint density at radius 2 is 1.42 bits per heavy atom. The van der Waals surface area contributed by atoms with Crippen LogP contribution in [0.25, 0.3) is 43.6 Å². The Kier molecular flexibility index (Phi) is 2.50. The van der Waals surface area contributed by atoms with Gasteiger partial charge in [-0.3, -0.25) is 0 Å². The summed E-state index contributed by atoms with van der Waals surface area (Å²) in [5.74, 6) is 0. The summed E-state index contributed by atoms with van der Waals surface area (Å²) in [6.45, 7) is 0. The number of aromatic nitrogens is 2. The molecular formula is C21H17N3. The van der Waals surface area contributed by atoms with Crippen LogP contribution in [0.1, 0.15) is 0 Å². The maximum atomic E-state index is 8.02. The summed E-state index contributed by atoms with van der Waals surface area (Å²) in [4.78, 5) is 0. The first-order valence-electron chi connectivity index (χ1n) is 8.10. The van der Waals surface area contributed by atoms with E-state index in [2.05, 4.69) is 71.8 Å². The number of hydrogen-bond acceptors (Lipinski definition) is 1. The summed E-state index contributed by atoms with van der Waals surface area (Å²) in [6.07, 6.45) is 0. The molecule has 3 heteroatoms. The maximum absolute atomic E-state index is 8.02. The minimum atomic E-state index is 0.544. The molecule has 0 saturated carbocycles. The molecule has 0 aliphatic heterocycles. The molecule has 0 aliphatic rings. The van der Waals surface area contributed by atoms with Gasteiger partial charge in [-0.25, -0.2) is 0 Å². The monoisotopic (exact) mass is 311 g/mol. The van der Waals surface area contributed by atoms with Crippen molar-refractivity contribution in [1.29, 1.82) is 5.41 Å². The third-order valence-corrected chi connectivity index (χ3v) is 5.15. The number of benzene rings is 3. The zero-order chi connectivity index (χ0) is 16.4. The molecule has 116 valence electrons. The topological polar surface area (TPSA) is 33.7 Å². The molecule has 2 aromatic heterocycles. The van der Waals surface area contributed by atoms with Gasteiger partial charge in [0.2, 0.25) is 0 Å². The van der Waals surface area contributed by atoms with E-state index in [0.29, 0.717) is 5.36 Å². The lowest BCUT2D eigenvalue weighted by Crippen LogP contribution is -2.06. The van der Waals surface area contributed by atoms with E-state index >= 15 is 0 Å². The molecule has 0 unspecified atom stereocenters. The predicted octanol–water partition coefficient (Wildman–Crippen LogP) is 4.46. The fourth-order valence-electron chi connectivity index (χ4n) is 4.03. The van der Waals surface area contributed by atoms with Gasteiger partial charge in [0.05, 0.1) is 27.4 Å². The number of hydrogen-bond donors (Lipinski definition) is 1. The van der Waals surface area contributed by atoms with Crippen LogP contribution in [0, 0.1) is 5.41 Å². The van der Waals surface area contributed by atoms with Gasteiger partial charge in [0.1, 0.15) is 0 Å². The van der Waals surface area contributed by atoms with Crippen molar-refractivity contribution in [3.05, 3.63) is 66.0 Å². The molecule has 5 rings (SSSR count). The molecule has 0 aliphatic carbocycles. The van der Waals surface area contributed by atoms with Gasteiger partial charge in [0.25, 0.3) is 0 Å². The van der Waals surface area contributed by atoms with Gasteiger partial charge in [-0.1, -0.05) is 36.4 Å². The molecular weight excluding hydrogens is 294 g/mol. The van der Waals surface area contributed by atoms with Gasteiger partial charge in [-0.15, -0.1) is 0 Å². The summed E-state index contributed by atoms with van der Waals surface area (Å²) in [5, 5.41) is 13.5. The molecule has 3 nitrogen and oxygen atoms in total. The molecule has 24 heavy (non-hydrogen) atoms. The van der Waals surface area contributed by atoms with E-state index in [1.165, 1.54) is 38.1 Å². The van der Waals surface area contributed by atoms with Gasteiger partial charge in [-0.05, 0) is 29.7 Å². The van der Waals surface area contributed by atoms with Crippen LogP contribution in [0.3, 0.4) is 0 Å². The normalized spacial score (nSPS) is 11.9. The number of para-hydroxylation sites is 1. The molecule has 2 heterocycles. The molecule has 0 saturated heterocycles. The number of nitrogens with one attached hydrogen (secondary N) is 1. The van der Waals surface area contributed by atoms with Crippen LogP contribution < -0.4 is 5.36 Å². The summed E-state index contributed by atoms with van der Waals surface area (Å²) in [7, 11) is 4.24. The molecule has 0 atom stereocenters. The number of fused-ring (bicyclic) bond motifs is 4. The Bertz CT molecular complexity index is 1340. The number of nitrogens with zero attached hydrogens (tertiary/aromatic N) is 2. The molecule has 0 amide bonds. The molecule has 1 N–H and O–H groups in total. The standard InChI is InChI=1S/C21H17N3/c1-23-17-8-4-3-6-16(17)21-20-15(7-5-9-18(20)23)14-11-10-13(22)12-19(14)24(21)2/h3-12,22H,1-2H3. The largest absolute Gasteiger partial charge is 0.344 e. The van der Waals surface area contributed by atoms with Crippen molar-refractivity contribution in [2.24, 2.45) is 14.1 Å². The quantitative estimate of drug-likeness (QED) is 0.324. The fraction of sp³-hybridized carbons (Fsp3) is 0.0952. The van der Waals surface area contributed by atoms with E-state index in [-0.39, 0.29) is 0 Å². The van der Waals surface area contributed by atoms with E-state index < -0.39 is 0 Å². The Morgan fingerprint density at radius 3 is 2.29 bits per heavy atom. The van der Waals surface area contributed by atoms with Crippen LogP contribution in [-0.4, -0.2) is 9.13 Å². The van der Waals surface area contributed by atoms with E-state index in [1.807, 2.05) is 12.1 Å². The van der Waals surface area contributed by atoms with Crippen LogP contribution in [0.4, 0.5) is 0 Å². The molecule has 0 radical (unpaired) electrons. The van der Waals surface area contributed by atoms with Crippen LogP contribution in [0.15, 0.2) is 60.7 Å². The lowest BCUT2D eigenvalue weighted by atomic mass is 9.99. The van der Waals surface area contributed by atoms with E-state index in [4.69, 9.17) is 5.41 Å². The van der Waals surface area contributed by atoms with Crippen LogP contribution in [0.2, 0.25) is 0 Å². The average molecular weight is 311 g/mol. The Balaban J connectivity index is 2.28. The number of aryl methyl sites for hydroxylation is 2. The minimum absolute atomic E-state index is 0.544.